The van der Waals surface area contributed by atoms with Crippen LogP contribution in [0.3, 0.4) is 0 Å². The van der Waals surface area contributed by atoms with E-state index in [0.29, 0.717) is 30.2 Å². The van der Waals surface area contributed by atoms with Gasteiger partial charge in [-0.15, -0.1) is 0 Å². The monoisotopic (exact) mass is 451 g/mol. The minimum Gasteiger partial charge on any atom is -0.268 e. The Balaban J connectivity index is 1.77. The molecule has 0 unspecified atom stereocenters. The van der Waals surface area contributed by atoms with E-state index in [-0.39, 0.29) is 15.4 Å². The minimum absolute atomic E-state index is 0.00164. The van der Waals surface area contributed by atoms with Crippen molar-refractivity contribution in [2.75, 3.05) is 24.6 Å². The summed E-state index contributed by atoms with van der Waals surface area (Å²) in [7, 11) is -7.87. The Morgan fingerprint density at radius 1 is 0.931 bits per heavy atom. The number of nitrogens with zero attached hydrogens (tertiary/aromatic N) is 2. The fraction of sp³-hybridized carbons (Fsp3) is 0.222. The molecule has 152 valence electrons. The first kappa shape index (κ1) is 21.3. The lowest BCUT2D eigenvalue weighted by atomic mass is 10.1. The summed E-state index contributed by atoms with van der Waals surface area (Å²) in [6, 6.07) is 12.1. The number of sulfonamides is 2. The maximum atomic E-state index is 12.6. The van der Waals surface area contributed by atoms with Crippen LogP contribution in [0.25, 0.3) is 0 Å². The lowest BCUT2D eigenvalue weighted by Gasteiger charge is -2.25. The van der Waals surface area contributed by atoms with Crippen molar-refractivity contribution in [1.82, 2.24) is 9.03 Å². The van der Waals surface area contributed by atoms with Crippen LogP contribution in [-0.4, -0.2) is 51.6 Å². The van der Waals surface area contributed by atoms with Gasteiger partial charge < -0.3 is 0 Å². The van der Waals surface area contributed by atoms with Gasteiger partial charge in [0.25, 0.3) is 15.9 Å². The smallest absolute Gasteiger partial charge is 0.264 e. The van der Waals surface area contributed by atoms with Crippen LogP contribution < -0.4 is 4.72 Å². The predicted octanol–water partition coefficient (Wildman–Crippen LogP) is 1.41. The Morgan fingerprint density at radius 2 is 1.48 bits per heavy atom. The van der Waals surface area contributed by atoms with E-state index in [2.05, 4.69) is 0 Å². The summed E-state index contributed by atoms with van der Waals surface area (Å²) in [5.41, 5.74) is 0.420. The summed E-state index contributed by atoms with van der Waals surface area (Å²) in [5, 5.41) is 8.77. The number of rotatable bonds is 5. The normalized spacial score (nSPS) is 15.4. The molecule has 8 nitrogen and oxygen atoms in total. The molecule has 2 aromatic rings. The molecule has 0 spiro atoms. The molecule has 29 heavy (non-hydrogen) atoms. The first-order chi connectivity index (χ1) is 13.7. The molecule has 1 aliphatic heterocycles. The third-order valence-electron chi connectivity index (χ3n) is 4.25. The summed E-state index contributed by atoms with van der Waals surface area (Å²) in [6.07, 6.45) is 0. The van der Waals surface area contributed by atoms with E-state index in [1.54, 1.807) is 11.8 Å². The molecule has 0 aromatic heterocycles. The summed E-state index contributed by atoms with van der Waals surface area (Å²) in [4.78, 5) is 12.0. The van der Waals surface area contributed by atoms with Crippen molar-refractivity contribution in [3.05, 3.63) is 59.7 Å². The van der Waals surface area contributed by atoms with Crippen molar-refractivity contribution in [3.8, 4) is 6.07 Å². The molecule has 1 amide bonds. The average Bonchev–Trinajstić information content (AvgIpc) is 2.74. The van der Waals surface area contributed by atoms with Gasteiger partial charge in [0.15, 0.2) is 0 Å². The van der Waals surface area contributed by atoms with E-state index in [1.807, 2.05) is 10.8 Å². The van der Waals surface area contributed by atoms with Crippen LogP contribution >= 0.6 is 11.8 Å². The second kappa shape index (κ2) is 8.54. The SMILES string of the molecule is N#Cc1ccc(C(=O)NS(=O)(=O)c2ccc(S(=O)(=O)N3CCSCC3)cc2)cc1. The second-order valence-electron chi connectivity index (χ2n) is 6.11. The van der Waals surface area contributed by atoms with Crippen LogP contribution in [0, 0.1) is 11.3 Å². The summed E-state index contributed by atoms with van der Waals surface area (Å²) >= 11 is 1.68. The molecule has 1 fully saturated rings. The van der Waals surface area contributed by atoms with E-state index in [0.717, 1.165) is 12.1 Å². The molecule has 2 aromatic carbocycles. The van der Waals surface area contributed by atoms with Crippen molar-refractivity contribution in [2.24, 2.45) is 0 Å². The zero-order valence-corrected chi connectivity index (χ0v) is 17.6. The van der Waals surface area contributed by atoms with Crippen molar-refractivity contribution < 1.29 is 21.6 Å². The number of carbonyl (C=O) groups excluding carboxylic acids is 1. The van der Waals surface area contributed by atoms with Crippen LogP contribution in [0.5, 0.6) is 0 Å². The highest BCUT2D eigenvalue weighted by Gasteiger charge is 2.27. The van der Waals surface area contributed by atoms with Gasteiger partial charge in [-0.05, 0) is 48.5 Å². The van der Waals surface area contributed by atoms with Gasteiger partial charge in [-0.25, -0.2) is 21.6 Å². The van der Waals surface area contributed by atoms with Crippen molar-refractivity contribution in [1.29, 1.82) is 5.26 Å². The lowest BCUT2D eigenvalue weighted by Crippen LogP contribution is -2.37. The largest absolute Gasteiger partial charge is 0.268 e. The minimum atomic E-state index is -4.19. The molecule has 0 aliphatic carbocycles. The summed E-state index contributed by atoms with van der Waals surface area (Å²) in [6.45, 7) is 0.821. The van der Waals surface area contributed by atoms with Crippen molar-refractivity contribution in [3.63, 3.8) is 0 Å². The van der Waals surface area contributed by atoms with E-state index in [1.165, 1.54) is 40.7 Å². The number of amides is 1. The van der Waals surface area contributed by atoms with Crippen LogP contribution in [0.15, 0.2) is 58.3 Å². The quantitative estimate of drug-likeness (QED) is 0.729. The number of thioether (sulfide) groups is 1. The number of carbonyl (C=O) groups is 1. The average molecular weight is 452 g/mol. The Hall–Kier alpha value is -2.39. The molecule has 3 rings (SSSR count). The van der Waals surface area contributed by atoms with Gasteiger partial charge in [0.05, 0.1) is 21.4 Å². The molecule has 11 heteroatoms. The maximum Gasteiger partial charge on any atom is 0.264 e. The van der Waals surface area contributed by atoms with E-state index in [9.17, 15) is 21.6 Å². The van der Waals surface area contributed by atoms with Gasteiger partial charge in [-0.1, -0.05) is 0 Å². The summed E-state index contributed by atoms with van der Waals surface area (Å²) < 4.78 is 53.5. The molecule has 0 atom stereocenters. The topological polar surface area (TPSA) is 124 Å². The highest BCUT2D eigenvalue weighted by Crippen LogP contribution is 2.21. The number of nitriles is 1. The third-order valence-corrected chi connectivity index (χ3v) is 8.45. The lowest BCUT2D eigenvalue weighted by molar-refractivity contribution is 0.0981. The number of nitrogens with one attached hydrogen (secondary N) is 1. The molecule has 0 saturated carbocycles. The van der Waals surface area contributed by atoms with Gasteiger partial charge in [0.1, 0.15) is 0 Å². The Labute approximate surface area is 173 Å². The first-order valence-electron chi connectivity index (χ1n) is 8.49. The van der Waals surface area contributed by atoms with Gasteiger partial charge in [0.2, 0.25) is 10.0 Å². The summed E-state index contributed by atoms with van der Waals surface area (Å²) in [5.74, 6) is 0.581. The molecule has 1 aliphatic rings. The second-order valence-corrected chi connectivity index (χ2v) is 11.0. The Morgan fingerprint density at radius 3 is 2.03 bits per heavy atom. The zero-order valence-electron chi connectivity index (χ0n) is 15.1. The fourth-order valence-corrected chi connectivity index (χ4v) is 6.21. The zero-order chi connectivity index (χ0) is 21.1. The van der Waals surface area contributed by atoms with Gasteiger partial charge >= 0.3 is 0 Å². The molecule has 1 N–H and O–H groups in total. The highest BCUT2D eigenvalue weighted by atomic mass is 32.2. The molecular formula is C18H17N3O5S3. The molecule has 1 saturated heterocycles. The van der Waals surface area contributed by atoms with E-state index >= 15 is 0 Å². The number of benzene rings is 2. The Kier molecular flexibility index (Phi) is 6.28. The number of hydrogen-bond acceptors (Lipinski definition) is 7. The highest BCUT2D eigenvalue weighted by molar-refractivity contribution is 7.99. The molecular weight excluding hydrogens is 434 g/mol. The van der Waals surface area contributed by atoms with Gasteiger partial charge in [0, 0.05) is 30.2 Å². The van der Waals surface area contributed by atoms with E-state index < -0.39 is 26.0 Å². The van der Waals surface area contributed by atoms with E-state index in [4.69, 9.17) is 5.26 Å². The molecule has 0 bridgehead atoms. The standard InChI is InChI=1S/C18H17N3O5S3/c19-13-14-1-3-15(4-2-14)18(22)20-28(23,24)16-5-7-17(8-6-16)29(25,26)21-9-11-27-12-10-21/h1-8H,9-12H2,(H,20,22). The van der Waals surface area contributed by atoms with Crippen molar-refractivity contribution >= 4 is 37.7 Å². The fourth-order valence-electron chi connectivity index (χ4n) is 2.66. The maximum absolute atomic E-state index is 12.6. The number of hydrogen-bond donors (Lipinski definition) is 1. The van der Waals surface area contributed by atoms with Crippen LogP contribution in [0.2, 0.25) is 0 Å². The third kappa shape index (κ3) is 4.79. The Bertz CT molecular complexity index is 1150. The van der Waals surface area contributed by atoms with Gasteiger partial charge in [-0.2, -0.15) is 21.3 Å². The van der Waals surface area contributed by atoms with Crippen LogP contribution in [-0.2, 0) is 20.0 Å². The molecule has 1 heterocycles. The van der Waals surface area contributed by atoms with Crippen molar-refractivity contribution in [2.45, 2.75) is 9.79 Å². The van der Waals surface area contributed by atoms with Gasteiger partial charge in [-0.3, -0.25) is 4.79 Å². The molecule has 0 radical (unpaired) electrons. The van der Waals surface area contributed by atoms with Crippen LogP contribution in [0.4, 0.5) is 0 Å². The van der Waals surface area contributed by atoms with Crippen LogP contribution in [0.1, 0.15) is 15.9 Å². The first-order valence-corrected chi connectivity index (χ1v) is 12.6. The predicted molar refractivity (Wildman–Crippen MR) is 108 cm³/mol.